The molecule has 0 radical (unpaired) electrons. The van der Waals surface area contributed by atoms with Crippen LogP contribution in [0.25, 0.3) is 0 Å². The lowest BCUT2D eigenvalue weighted by Gasteiger charge is -2.27. The molecule has 0 amide bonds. The minimum atomic E-state index is -1.50. The van der Waals surface area contributed by atoms with Gasteiger partial charge in [0.1, 0.15) is 5.54 Å². The van der Waals surface area contributed by atoms with Crippen molar-refractivity contribution in [1.82, 2.24) is 0 Å². The van der Waals surface area contributed by atoms with Crippen LogP contribution in [0.4, 0.5) is 0 Å². The molecule has 220 valence electrons. The Morgan fingerprint density at radius 1 is 0.872 bits per heavy atom. The van der Waals surface area contributed by atoms with E-state index in [1.54, 1.807) is 19.1 Å². The van der Waals surface area contributed by atoms with Gasteiger partial charge in [-0.2, -0.15) is 0 Å². The average molecular weight is 550 g/mol. The zero-order valence-corrected chi connectivity index (χ0v) is 24.3. The number of unbranched alkanes of at least 4 members (excludes halogenated alkanes) is 4. The molecule has 9 nitrogen and oxygen atoms in total. The zero-order valence-electron chi connectivity index (χ0n) is 24.3. The molecule has 0 aromatic heterocycles. The number of methoxy groups -OCH3 is 1. The van der Waals surface area contributed by atoms with Crippen molar-refractivity contribution < 1.29 is 38.1 Å². The monoisotopic (exact) mass is 549 g/mol. The van der Waals surface area contributed by atoms with E-state index in [1.807, 2.05) is 20.8 Å². The van der Waals surface area contributed by atoms with Crippen molar-refractivity contribution in [2.45, 2.75) is 110 Å². The smallest absolute Gasteiger partial charge is 0.326 e. The number of hydrogen-bond acceptors (Lipinski definition) is 9. The molecule has 0 heterocycles. The summed E-state index contributed by atoms with van der Waals surface area (Å²) in [5, 5.41) is 0. The lowest BCUT2D eigenvalue weighted by Crippen LogP contribution is -2.51. The number of hydrogen-bond donors (Lipinski definition) is 1. The molecule has 2 N–H and O–H groups in total. The van der Waals surface area contributed by atoms with Gasteiger partial charge >= 0.3 is 23.9 Å². The van der Waals surface area contributed by atoms with Gasteiger partial charge in [0.25, 0.3) is 0 Å². The number of rotatable bonds is 19. The van der Waals surface area contributed by atoms with Gasteiger partial charge < -0.3 is 24.7 Å². The predicted molar refractivity (Wildman–Crippen MR) is 148 cm³/mol. The Balaban J connectivity index is 3.10. The van der Waals surface area contributed by atoms with Crippen LogP contribution in [-0.2, 0) is 35.1 Å². The number of benzene rings is 1. The van der Waals surface area contributed by atoms with Crippen LogP contribution in [0.2, 0.25) is 0 Å². The highest BCUT2D eigenvalue weighted by molar-refractivity contribution is 5.81. The molecule has 0 saturated carbocycles. The number of esters is 4. The molecule has 9 heteroatoms. The van der Waals surface area contributed by atoms with E-state index in [0.717, 1.165) is 32.1 Å². The van der Waals surface area contributed by atoms with Gasteiger partial charge in [0.05, 0.1) is 19.6 Å². The molecule has 1 aromatic carbocycles. The minimum absolute atomic E-state index is 0.0207. The van der Waals surface area contributed by atoms with Gasteiger partial charge in [0, 0.05) is 25.7 Å². The van der Waals surface area contributed by atoms with Gasteiger partial charge in [-0.15, -0.1) is 0 Å². The second-order valence-electron chi connectivity index (χ2n) is 10.1. The molecule has 0 fully saturated rings. The lowest BCUT2D eigenvalue weighted by atomic mass is 9.88. The van der Waals surface area contributed by atoms with Crippen molar-refractivity contribution in [1.29, 1.82) is 0 Å². The predicted octanol–water partition coefficient (Wildman–Crippen LogP) is 5.44. The van der Waals surface area contributed by atoms with E-state index in [9.17, 15) is 19.2 Å². The molecule has 0 aliphatic heterocycles. The standard InChI is InChI=1S/C30H47NO8/c1-6-9-11-14-26(32)38-24-17-16-23(20-25(24)39-27(33)15-12-10-7-2)21-30(31,29(35)36-5)18-19-37-28(34)22(4)13-8-3/h16-17,20,22H,6-15,18-19,21,31H2,1-5H3/t22?,30-/m1/s1. The fourth-order valence-electron chi connectivity index (χ4n) is 4.07. The minimum Gasteiger partial charge on any atom is -0.468 e. The first kappa shape index (κ1) is 34.1. The van der Waals surface area contributed by atoms with E-state index >= 15 is 0 Å². The highest BCUT2D eigenvalue weighted by atomic mass is 16.6. The van der Waals surface area contributed by atoms with E-state index < -0.39 is 23.4 Å². The number of ether oxygens (including phenoxy) is 4. The SMILES string of the molecule is CCCCCC(=O)Oc1ccc(C[C@](N)(CCOC(=O)C(C)CCC)C(=O)OC)cc1OC(=O)CCCCC. The van der Waals surface area contributed by atoms with Crippen LogP contribution in [0.5, 0.6) is 11.5 Å². The van der Waals surface area contributed by atoms with Gasteiger partial charge in [-0.3, -0.25) is 19.2 Å². The molecule has 1 rings (SSSR count). The number of carbonyl (C=O) groups excluding carboxylic acids is 4. The topological polar surface area (TPSA) is 131 Å². The van der Waals surface area contributed by atoms with Crippen molar-refractivity contribution >= 4 is 23.9 Å². The van der Waals surface area contributed by atoms with Gasteiger partial charge in [-0.25, -0.2) is 0 Å². The highest BCUT2D eigenvalue weighted by Gasteiger charge is 2.36. The molecule has 2 atom stereocenters. The Labute approximate surface area is 233 Å². The maximum atomic E-state index is 12.7. The first-order valence-electron chi connectivity index (χ1n) is 14.2. The van der Waals surface area contributed by atoms with Crippen LogP contribution in [-0.4, -0.2) is 43.1 Å². The quantitative estimate of drug-likeness (QED) is 0.136. The summed E-state index contributed by atoms with van der Waals surface area (Å²) in [6.07, 6.45) is 7.22. The van der Waals surface area contributed by atoms with Gasteiger partial charge in [-0.05, 0) is 37.0 Å². The summed E-state index contributed by atoms with van der Waals surface area (Å²) in [7, 11) is 1.24. The molecule has 0 aliphatic carbocycles. The van der Waals surface area contributed by atoms with Crippen LogP contribution < -0.4 is 15.2 Å². The first-order chi connectivity index (χ1) is 18.6. The van der Waals surface area contributed by atoms with Crippen molar-refractivity contribution in [3.8, 4) is 11.5 Å². The van der Waals surface area contributed by atoms with Gasteiger partial charge in [0.15, 0.2) is 11.5 Å². The second kappa shape index (κ2) is 18.4. The van der Waals surface area contributed by atoms with Crippen molar-refractivity contribution in [2.24, 2.45) is 11.7 Å². The Kier molecular flexibility index (Phi) is 16.1. The maximum Gasteiger partial charge on any atom is 0.326 e. The third-order valence-electron chi connectivity index (χ3n) is 6.45. The summed E-state index contributed by atoms with van der Waals surface area (Å²) in [4.78, 5) is 49.7. The molecule has 0 aliphatic rings. The van der Waals surface area contributed by atoms with Crippen LogP contribution in [0, 0.1) is 5.92 Å². The summed E-state index contributed by atoms with van der Waals surface area (Å²) in [6, 6.07) is 4.74. The average Bonchev–Trinajstić information content (AvgIpc) is 2.90. The summed E-state index contributed by atoms with van der Waals surface area (Å²) >= 11 is 0. The summed E-state index contributed by atoms with van der Waals surface area (Å²) < 4.78 is 21.4. The van der Waals surface area contributed by atoms with Crippen LogP contribution in [0.1, 0.15) is 104 Å². The summed E-state index contributed by atoms with van der Waals surface area (Å²) in [5.74, 6) is -1.89. The summed E-state index contributed by atoms with van der Waals surface area (Å²) in [6.45, 7) is 7.82. The third-order valence-corrected chi connectivity index (χ3v) is 6.45. The highest BCUT2D eigenvalue weighted by Crippen LogP contribution is 2.31. The Morgan fingerprint density at radius 3 is 2.00 bits per heavy atom. The maximum absolute atomic E-state index is 12.7. The van der Waals surface area contributed by atoms with Crippen LogP contribution >= 0.6 is 0 Å². The fourth-order valence-corrected chi connectivity index (χ4v) is 4.07. The fraction of sp³-hybridized carbons (Fsp3) is 0.667. The van der Waals surface area contributed by atoms with Gasteiger partial charge in [0.2, 0.25) is 0 Å². The summed E-state index contributed by atoms with van der Waals surface area (Å²) in [5.41, 5.74) is 5.53. The molecular formula is C30H47NO8. The zero-order chi connectivity index (χ0) is 29.3. The van der Waals surface area contributed by atoms with Crippen LogP contribution in [0.3, 0.4) is 0 Å². The van der Waals surface area contributed by atoms with E-state index in [2.05, 4.69) is 0 Å². The van der Waals surface area contributed by atoms with Crippen molar-refractivity contribution in [3.05, 3.63) is 23.8 Å². The molecule has 1 aromatic rings. The lowest BCUT2D eigenvalue weighted by molar-refractivity contribution is -0.153. The molecular weight excluding hydrogens is 502 g/mol. The Hall–Kier alpha value is -2.94. The van der Waals surface area contributed by atoms with Gasteiger partial charge in [-0.1, -0.05) is 65.9 Å². The first-order valence-corrected chi connectivity index (χ1v) is 14.2. The van der Waals surface area contributed by atoms with E-state index in [-0.39, 0.29) is 55.7 Å². The normalized spacial score (nSPS) is 13.2. The Morgan fingerprint density at radius 2 is 1.46 bits per heavy atom. The van der Waals surface area contributed by atoms with E-state index in [4.69, 9.17) is 24.7 Å². The Bertz CT molecular complexity index is 932. The van der Waals surface area contributed by atoms with Crippen molar-refractivity contribution in [2.75, 3.05) is 13.7 Å². The number of nitrogens with two attached hydrogens (primary N) is 1. The van der Waals surface area contributed by atoms with Crippen molar-refractivity contribution in [3.63, 3.8) is 0 Å². The molecule has 0 spiro atoms. The van der Waals surface area contributed by atoms with Crippen LogP contribution in [0.15, 0.2) is 18.2 Å². The molecule has 39 heavy (non-hydrogen) atoms. The second-order valence-corrected chi connectivity index (χ2v) is 10.1. The van der Waals surface area contributed by atoms with E-state index in [0.29, 0.717) is 24.8 Å². The van der Waals surface area contributed by atoms with E-state index in [1.165, 1.54) is 13.2 Å². The molecule has 1 unspecified atom stereocenters. The third kappa shape index (κ3) is 12.6. The number of carbonyl (C=O) groups is 4. The molecule has 0 bridgehead atoms. The largest absolute Gasteiger partial charge is 0.468 e. The molecule has 0 saturated heterocycles.